The number of hydrogen-bond donors (Lipinski definition) is 1. The smallest absolute Gasteiger partial charge is 0.269 e. The van der Waals surface area contributed by atoms with Crippen molar-refractivity contribution >= 4 is 11.6 Å². The molecule has 2 aromatic rings. The molecule has 1 aliphatic carbocycles. The van der Waals surface area contributed by atoms with Gasteiger partial charge in [-0.25, -0.2) is 0 Å². The molecular weight excluding hydrogens is 318 g/mol. The average Bonchev–Trinajstić information content (AvgIpc) is 2.61. The number of nitro groups is 1. The van der Waals surface area contributed by atoms with Gasteiger partial charge in [-0.05, 0) is 29.5 Å². The monoisotopic (exact) mass is 335 g/mol. The number of nitrogens with one attached hydrogen (secondary N) is 1. The Labute approximate surface area is 145 Å². The lowest BCUT2D eigenvalue weighted by Gasteiger charge is -2.33. The molecule has 1 amide bonds. The van der Waals surface area contributed by atoms with Crippen molar-refractivity contribution in [3.05, 3.63) is 75.3 Å². The van der Waals surface area contributed by atoms with E-state index in [0.29, 0.717) is 18.4 Å². The fourth-order valence-corrected chi connectivity index (χ4v) is 3.24. The molecule has 25 heavy (non-hydrogen) atoms. The number of non-ortho nitro benzene ring substituents is 1. The predicted octanol–water partition coefficient (Wildman–Crippen LogP) is 2.70. The van der Waals surface area contributed by atoms with Crippen LogP contribution in [-0.4, -0.2) is 16.4 Å². The van der Waals surface area contributed by atoms with Crippen LogP contribution in [0.25, 0.3) is 0 Å². The Bertz CT molecular complexity index is 872. The number of fused-ring (bicyclic) bond motifs is 1. The van der Waals surface area contributed by atoms with Crippen molar-refractivity contribution in [3.63, 3.8) is 0 Å². The summed E-state index contributed by atoms with van der Waals surface area (Å²) in [6, 6.07) is 16.2. The number of amides is 1. The summed E-state index contributed by atoms with van der Waals surface area (Å²) in [7, 11) is 0. The molecule has 1 unspecified atom stereocenters. The molecule has 1 N–H and O–H groups in total. The molecule has 0 aliphatic heterocycles. The van der Waals surface area contributed by atoms with Crippen molar-refractivity contribution in [2.24, 2.45) is 0 Å². The molecule has 0 saturated heterocycles. The van der Waals surface area contributed by atoms with Gasteiger partial charge in [-0.3, -0.25) is 14.9 Å². The zero-order valence-electron chi connectivity index (χ0n) is 13.6. The van der Waals surface area contributed by atoms with Gasteiger partial charge < -0.3 is 5.32 Å². The number of nitro benzene ring substituents is 1. The van der Waals surface area contributed by atoms with Crippen LogP contribution in [0.15, 0.2) is 48.5 Å². The van der Waals surface area contributed by atoms with Crippen LogP contribution in [0.2, 0.25) is 0 Å². The number of hydrogen-bond acceptors (Lipinski definition) is 4. The van der Waals surface area contributed by atoms with E-state index >= 15 is 0 Å². The van der Waals surface area contributed by atoms with Crippen LogP contribution in [0.1, 0.15) is 23.1 Å². The van der Waals surface area contributed by atoms with Gasteiger partial charge in [-0.2, -0.15) is 5.26 Å². The molecule has 6 heteroatoms. The summed E-state index contributed by atoms with van der Waals surface area (Å²) in [5.41, 5.74) is 1.86. The zero-order valence-corrected chi connectivity index (χ0v) is 13.6. The second kappa shape index (κ2) is 6.73. The molecule has 0 saturated carbocycles. The molecule has 0 aromatic heterocycles. The van der Waals surface area contributed by atoms with Crippen molar-refractivity contribution in [3.8, 4) is 6.07 Å². The predicted molar refractivity (Wildman–Crippen MR) is 91.8 cm³/mol. The molecule has 1 aliphatic rings. The van der Waals surface area contributed by atoms with Gasteiger partial charge in [0.25, 0.3) is 5.69 Å². The van der Waals surface area contributed by atoms with Crippen LogP contribution in [0.4, 0.5) is 5.69 Å². The molecule has 0 fully saturated rings. The first-order valence-electron chi connectivity index (χ1n) is 8.04. The lowest BCUT2D eigenvalue weighted by molar-refractivity contribution is -0.384. The van der Waals surface area contributed by atoms with Crippen molar-refractivity contribution in [2.75, 3.05) is 0 Å². The molecule has 0 bridgehead atoms. The van der Waals surface area contributed by atoms with Gasteiger partial charge in [-0.1, -0.05) is 36.4 Å². The number of carbonyl (C=O) groups is 1. The van der Waals surface area contributed by atoms with Crippen LogP contribution in [0.5, 0.6) is 0 Å². The van der Waals surface area contributed by atoms with Crippen molar-refractivity contribution in [1.82, 2.24) is 5.32 Å². The summed E-state index contributed by atoms with van der Waals surface area (Å²) in [5, 5.41) is 23.3. The number of aryl methyl sites for hydroxylation is 1. The Morgan fingerprint density at radius 3 is 2.72 bits per heavy atom. The lowest BCUT2D eigenvalue weighted by Crippen LogP contribution is -2.51. The second-order valence-electron chi connectivity index (χ2n) is 6.29. The maximum absolute atomic E-state index is 12.4. The number of benzene rings is 2. The fraction of sp³-hybridized carbons (Fsp3) is 0.263. The first-order valence-corrected chi connectivity index (χ1v) is 8.04. The first-order chi connectivity index (χ1) is 12.0. The van der Waals surface area contributed by atoms with Crippen LogP contribution < -0.4 is 5.32 Å². The Kier molecular flexibility index (Phi) is 4.48. The third-order valence-electron chi connectivity index (χ3n) is 4.51. The Balaban J connectivity index is 1.73. The topological polar surface area (TPSA) is 96.0 Å². The number of nitriles is 1. The van der Waals surface area contributed by atoms with Gasteiger partial charge >= 0.3 is 0 Å². The highest BCUT2D eigenvalue weighted by Gasteiger charge is 2.35. The minimum Gasteiger partial charge on any atom is -0.337 e. The maximum atomic E-state index is 12.4. The third-order valence-corrected chi connectivity index (χ3v) is 4.51. The van der Waals surface area contributed by atoms with Gasteiger partial charge in [0.15, 0.2) is 0 Å². The van der Waals surface area contributed by atoms with Gasteiger partial charge in [0, 0.05) is 18.6 Å². The van der Waals surface area contributed by atoms with Gasteiger partial charge in [0.1, 0.15) is 5.54 Å². The minimum absolute atomic E-state index is 0.00670. The third kappa shape index (κ3) is 3.66. The Hall–Kier alpha value is -3.20. The minimum atomic E-state index is -0.924. The molecule has 0 heterocycles. The van der Waals surface area contributed by atoms with E-state index in [-0.39, 0.29) is 18.0 Å². The summed E-state index contributed by atoms with van der Waals surface area (Å²) in [5.74, 6) is -0.304. The van der Waals surface area contributed by atoms with E-state index in [0.717, 1.165) is 12.0 Å². The molecule has 6 nitrogen and oxygen atoms in total. The number of carbonyl (C=O) groups excluding carboxylic acids is 1. The van der Waals surface area contributed by atoms with Gasteiger partial charge in [0.05, 0.1) is 17.4 Å². The number of rotatable bonds is 4. The molecule has 126 valence electrons. The molecule has 0 spiro atoms. The lowest BCUT2D eigenvalue weighted by atomic mass is 9.78. The summed E-state index contributed by atoms with van der Waals surface area (Å²) < 4.78 is 0. The van der Waals surface area contributed by atoms with Gasteiger partial charge in [-0.15, -0.1) is 0 Å². The van der Waals surface area contributed by atoms with Crippen LogP contribution in [-0.2, 0) is 24.1 Å². The first kappa shape index (κ1) is 16.7. The highest BCUT2D eigenvalue weighted by Crippen LogP contribution is 2.28. The largest absolute Gasteiger partial charge is 0.337 e. The van der Waals surface area contributed by atoms with E-state index in [1.165, 1.54) is 17.7 Å². The van der Waals surface area contributed by atoms with E-state index < -0.39 is 10.5 Å². The van der Waals surface area contributed by atoms with Crippen LogP contribution in [0.3, 0.4) is 0 Å². The van der Waals surface area contributed by atoms with E-state index in [4.69, 9.17) is 0 Å². The molecule has 2 aromatic carbocycles. The normalized spacial score (nSPS) is 18.7. The molecule has 0 radical (unpaired) electrons. The fourth-order valence-electron chi connectivity index (χ4n) is 3.24. The standard InChI is InChI=1S/C19H17N3O3/c20-13-19(9-8-15-5-1-2-6-16(15)12-19)21-18(23)11-14-4-3-7-17(10-14)22(24)25/h1-7,10H,8-9,11-12H2,(H,21,23). The quantitative estimate of drug-likeness (QED) is 0.686. The van der Waals surface area contributed by atoms with Crippen molar-refractivity contribution in [1.29, 1.82) is 5.26 Å². The highest BCUT2D eigenvalue weighted by atomic mass is 16.6. The number of nitrogens with zero attached hydrogens (tertiary/aromatic N) is 2. The second-order valence-corrected chi connectivity index (χ2v) is 6.29. The van der Waals surface area contributed by atoms with E-state index in [9.17, 15) is 20.2 Å². The van der Waals surface area contributed by atoms with Crippen molar-refractivity contribution in [2.45, 2.75) is 31.2 Å². The van der Waals surface area contributed by atoms with Crippen LogP contribution in [0, 0.1) is 21.4 Å². The van der Waals surface area contributed by atoms with Gasteiger partial charge in [0.2, 0.25) is 5.91 Å². The molecule has 1 atom stereocenters. The van der Waals surface area contributed by atoms with Crippen LogP contribution >= 0.6 is 0 Å². The summed E-state index contributed by atoms with van der Waals surface area (Å²) >= 11 is 0. The van der Waals surface area contributed by atoms with Crippen molar-refractivity contribution < 1.29 is 9.72 Å². The molecule has 3 rings (SSSR count). The van der Waals surface area contributed by atoms with E-state index in [1.807, 2.05) is 24.3 Å². The SMILES string of the molecule is N#CC1(NC(=O)Cc2cccc([N+](=O)[O-])c2)CCc2ccccc2C1. The van der Waals surface area contributed by atoms with E-state index in [2.05, 4.69) is 11.4 Å². The summed E-state index contributed by atoms with van der Waals surface area (Å²) in [6.45, 7) is 0. The maximum Gasteiger partial charge on any atom is 0.269 e. The molecular formula is C19H17N3O3. The summed E-state index contributed by atoms with van der Waals surface area (Å²) in [6.07, 6.45) is 1.77. The average molecular weight is 335 g/mol. The highest BCUT2D eigenvalue weighted by molar-refractivity contribution is 5.80. The Morgan fingerprint density at radius 1 is 1.24 bits per heavy atom. The Morgan fingerprint density at radius 2 is 2.00 bits per heavy atom. The zero-order chi connectivity index (χ0) is 17.9. The summed E-state index contributed by atoms with van der Waals surface area (Å²) in [4.78, 5) is 22.7. The van der Waals surface area contributed by atoms with E-state index in [1.54, 1.807) is 12.1 Å².